The number of ether oxygens (including phenoxy) is 1. The summed E-state index contributed by atoms with van der Waals surface area (Å²) in [4.78, 5) is 12.7. The number of methoxy groups -OCH3 is 1. The van der Waals surface area contributed by atoms with Gasteiger partial charge in [-0.25, -0.2) is 0 Å². The highest BCUT2D eigenvalue weighted by atomic mass is 32.1. The van der Waals surface area contributed by atoms with Crippen molar-refractivity contribution in [1.29, 1.82) is 5.26 Å². The molecule has 22 heavy (non-hydrogen) atoms. The molecule has 0 saturated heterocycles. The number of aromatic hydroxyl groups is 1. The molecular formula is C16H16N2O3S. The van der Waals surface area contributed by atoms with Crippen LogP contribution in [-0.4, -0.2) is 31.3 Å². The van der Waals surface area contributed by atoms with Crippen molar-refractivity contribution in [2.75, 3.05) is 20.3 Å². The predicted octanol–water partition coefficient (Wildman–Crippen LogP) is 2.67. The maximum Gasteiger partial charge on any atom is 0.261 e. The van der Waals surface area contributed by atoms with Crippen molar-refractivity contribution >= 4 is 33.4 Å². The minimum Gasteiger partial charge on any atom is -0.507 e. The molecule has 1 aromatic carbocycles. The van der Waals surface area contributed by atoms with Crippen LogP contribution in [0.3, 0.4) is 0 Å². The molecule has 0 saturated carbocycles. The summed E-state index contributed by atoms with van der Waals surface area (Å²) in [6.45, 7) is 1.01. The molecule has 0 aliphatic carbocycles. The first-order valence-corrected chi connectivity index (χ1v) is 7.58. The number of nitrogens with zero attached hydrogens (tertiary/aromatic N) is 1. The van der Waals surface area contributed by atoms with Gasteiger partial charge in [0.25, 0.3) is 5.91 Å². The van der Waals surface area contributed by atoms with Gasteiger partial charge in [-0.15, -0.1) is 11.3 Å². The van der Waals surface area contributed by atoms with Gasteiger partial charge >= 0.3 is 0 Å². The quantitative estimate of drug-likeness (QED) is 0.487. The first-order chi connectivity index (χ1) is 10.7. The molecule has 2 aromatic rings. The lowest BCUT2D eigenvalue weighted by Gasteiger charge is -2.03. The Bertz CT molecular complexity index is 743. The molecule has 0 spiro atoms. The molecule has 114 valence electrons. The van der Waals surface area contributed by atoms with Crippen LogP contribution in [0.15, 0.2) is 29.8 Å². The second-order valence-electron chi connectivity index (χ2n) is 4.61. The van der Waals surface area contributed by atoms with E-state index < -0.39 is 5.91 Å². The van der Waals surface area contributed by atoms with E-state index in [0.29, 0.717) is 19.6 Å². The highest BCUT2D eigenvalue weighted by molar-refractivity contribution is 7.19. The third-order valence-electron chi connectivity index (χ3n) is 3.02. The largest absolute Gasteiger partial charge is 0.507 e. The van der Waals surface area contributed by atoms with Gasteiger partial charge in [0.2, 0.25) is 0 Å². The lowest BCUT2D eigenvalue weighted by molar-refractivity contribution is -0.117. The summed E-state index contributed by atoms with van der Waals surface area (Å²) in [7, 11) is 1.60. The lowest BCUT2D eigenvalue weighted by Crippen LogP contribution is -2.26. The number of nitrogens with one attached hydrogen (secondary N) is 1. The van der Waals surface area contributed by atoms with Crippen LogP contribution in [0.2, 0.25) is 0 Å². The number of carbonyl (C=O) groups is 1. The van der Waals surface area contributed by atoms with Crippen LogP contribution in [0.25, 0.3) is 16.2 Å². The fourth-order valence-corrected chi connectivity index (χ4v) is 2.97. The van der Waals surface area contributed by atoms with E-state index in [2.05, 4.69) is 5.32 Å². The zero-order valence-corrected chi connectivity index (χ0v) is 12.9. The summed E-state index contributed by atoms with van der Waals surface area (Å²) in [6, 6.07) is 8.93. The highest BCUT2D eigenvalue weighted by Gasteiger charge is 2.10. The topological polar surface area (TPSA) is 82.3 Å². The number of amides is 1. The van der Waals surface area contributed by atoms with Crippen LogP contribution >= 0.6 is 11.3 Å². The maximum atomic E-state index is 11.9. The van der Waals surface area contributed by atoms with E-state index in [1.807, 2.05) is 12.1 Å². The molecule has 0 aliphatic heterocycles. The summed E-state index contributed by atoms with van der Waals surface area (Å²) in [5, 5.41) is 22.3. The number of rotatable bonds is 6. The number of thiophene rings is 1. The smallest absolute Gasteiger partial charge is 0.261 e. The molecule has 1 heterocycles. The standard InChI is InChI=1S/C16H16N2O3S/c1-21-7-3-6-18-16(20)11(10-17)8-12-9-13-14(19)4-2-5-15(13)22-12/h2,4-5,8-9,19H,3,6-7H2,1H3,(H,18,20)/b11-8-. The van der Waals surface area contributed by atoms with E-state index in [4.69, 9.17) is 10.00 Å². The van der Waals surface area contributed by atoms with Crippen LogP contribution in [0.4, 0.5) is 0 Å². The van der Waals surface area contributed by atoms with Crippen molar-refractivity contribution in [2.45, 2.75) is 6.42 Å². The van der Waals surface area contributed by atoms with E-state index in [-0.39, 0.29) is 11.3 Å². The van der Waals surface area contributed by atoms with Gasteiger partial charge in [0.1, 0.15) is 17.4 Å². The Morgan fingerprint density at radius 3 is 3.05 bits per heavy atom. The predicted molar refractivity (Wildman–Crippen MR) is 86.6 cm³/mol. The summed E-state index contributed by atoms with van der Waals surface area (Å²) in [6.07, 6.45) is 2.23. The van der Waals surface area contributed by atoms with Gasteiger partial charge in [0.15, 0.2) is 0 Å². The molecule has 1 aromatic heterocycles. The van der Waals surface area contributed by atoms with Gasteiger partial charge in [-0.05, 0) is 30.7 Å². The third kappa shape index (κ3) is 3.85. The van der Waals surface area contributed by atoms with Gasteiger partial charge < -0.3 is 15.2 Å². The van der Waals surface area contributed by atoms with E-state index in [1.165, 1.54) is 17.4 Å². The zero-order chi connectivity index (χ0) is 15.9. The second kappa shape index (κ2) is 7.59. The summed E-state index contributed by atoms with van der Waals surface area (Å²) >= 11 is 1.42. The number of benzene rings is 1. The zero-order valence-electron chi connectivity index (χ0n) is 12.1. The van der Waals surface area contributed by atoms with E-state index in [9.17, 15) is 9.90 Å². The van der Waals surface area contributed by atoms with Gasteiger partial charge in [-0.2, -0.15) is 5.26 Å². The maximum absolute atomic E-state index is 11.9. The first kappa shape index (κ1) is 16.0. The number of hydrogen-bond acceptors (Lipinski definition) is 5. The number of phenols is 1. The Kier molecular flexibility index (Phi) is 5.53. The Morgan fingerprint density at radius 2 is 2.36 bits per heavy atom. The Hall–Kier alpha value is -2.36. The van der Waals surface area contributed by atoms with Crippen molar-refractivity contribution in [1.82, 2.24) is 5.32 Å². The minimum atomic E-state index is -0.403. The number of nitriles is 1. The number of carbonyl (C=O) groups excluding carboxylic acids is 1. The Labute approximate surface area is 132 Å². The average Bonchev–Trinajstić information content (AvgIpc) is 2.93. The van der Waals surface area contributed by atoms with Crippen molar-refractivity contribution in [3.8, 4) is 11.8 Å². The van der Waals surface area contributed by atoms with Crippen LogP contribution in [0.1, 0.15) is 11.3 Å². The van der Waals surface area contributed by atoms with Crippen molar-refractivity contribution in [3.05, 3.63) is 34.7 Å². The van der Waals surface area contributed by atoms with Crippen LogP contribution < -0.4 is 5.32 Å². The monoisotopic (exact) mass is 316 g/mol. The molecule has 5 nitrogen and oxygen atoms in total. The molecule has 0 fully saturated rings. The lowest BCUT2D eigenvalue weighted by atomic mass is 10.2. The van der Waals surface area contributed by atoms with Crippen molar-refractivity contribution in [3.63, 3.8) is 0 Å². The molecule has 2 rings (SSSR count). The van der Waals surface area contributed by atoms with Gasteiger partial charge in [0, 0.05) is 35.2 Å². The molecule has 1 amide bonds. The van der Waals surface area contributed by atoms with E-state index >= 15 is 0 Å². The fraction of sp³-hybridized carbons (Fsp3) is 0.250. The molecule has 0 radical (unpaired) electrons. The van der Waals surface area contributed by atoms with Gasteiger partial charge in [-0.1, -0.05) is 6.07 Å². The van der Waals surface area contributed by atoms with E-state index in [0.717, 1.165) is 15.0 Å². The molecule has 6 heteroatoms. The van der Waals surface area contributed by atoms with Crippen molar-refractivity contribution < 1.29 is 14.6 Å². The molecule has 0 bridgehead atoms. The van der Waals surface area contributed by atoms with Crippen molar-refractivity contribution in [2.24, 2.45) is 0 Å². The average molecular weight is 316 g/mol. The molecular weight excluding hydrogens is 300 g/mol. The van der Waals surface area contributed by atoms with Crippen LogP contribution in [0.5, 0.6) is 5.75 Å². The fourth-order valence-electron chi connectivity index (χ4n) is 1.94. The second-order valence-corrected chi connectivity index (χ2v) is 5.73. The minimum absolute atomic E-state index is 0.0449. The van der Waals surface area contributed by atoms with Gasteiger partial charge in [0.05, 0.1) is 0 Å². The number of hydrogen-bond donors (Lipinski definition) is 2. The molecule has 0 unspecified atom stereocenters. The van der Waals surface area contributed by atoms with Crippen LogP contribution in [-0.2, 0) is 9.53 Å². The van der Waals surface area contributed by atoms with Gasteiger partial charge in [-0.3, -0.25) is 4.79 Å². The summed E-state index contributed by atoms with van der Waals surface area (Å²) in [5.41, 5.74) is 0.0449. The molecule has 0 atom stereocenters. The third-order valence-corrected chi connectivity index (χ3v) is 4.07. The number of phenolic OH excluding ortho intramolecular Hbond substituents is 1. The Morgan fingerprint density at radius 1 is 1.55 bits per heavy atom. The highest BCUT2D eigenvalue weighted by Crippen LogP contribution is 2.32. The number of fused-ring (bicyclic) bond motifs is 1. The molecule has 0 aliphatic rings. The molecule has 2 N–H and O–H groups in total. The SMILES string of the molecule is COCCCNC(=O)/C(C#N)=C\c1cc2c(O)cccc2s1. The first-order valence-electron chi connectivity index (χ1n) is 6.76. The summed E-state index contributed by atoms with van der Waals surface area (Å²) < 4.78 is 5.80. The Balaban J connectivity index is 2.15. The van der Waals surface area contributed by atoms with E-state index in [1.54, 1.807) is 25.3 Å². The van der Waals surface area contributed by atoms with Crippen LogP contribution in [0, 0.1) is 11.3 Å². The summed E-state index contributed by atoms with van der Waals surface area (Å²) in [5.74, 6) is -0.212. The normalized spacial score (nSPS) is 11.4.